The molecule has 2 aliphatic rings. The SMILES string of the molecule is CCCc1nc(C(C)(C)O)c(C(=O)OCc2oc(=O)oc2C)n1Cc1ccc(-c2ccccc2-c2nn[nH]n2)cc1.CCOC(=O)C1=C(COCCN)NC(C)=C(C(=O)OC)C1c1ccccc1Cl.NS(=O)(=O)c1cc2c(cc1Cl)NCNS2(=O)=O.O=S(=O)(O)c1ccccc1. The number of aromatic nitrogens is 6. The second-order valence-electron chi connectivity index (χ2n) is 21.3. The first-order valence-electron chi connectivity index (χ1n) is 29.1. The Morgan fingerprint density at radius 2 is 1.51 bits per heavy atom. The van der Waals surface area contributed by atoms with Crippen LogP contribution in [0.2, 0.25) is 10.0 Å². The number of carbonyl (C=O) groups excluding carboxylic acids is 3. The predicted octanol–water partition coefficient (Wildman–Crippen LogP) is 7.02. The number of fused-ring (bicyclic) bond motifs is 1. The van der Waals surface area contributed by atoms with Crippen molar-refractivity contribution < 1.29 is 77.1 Å². The monoisotopic (exact) mass is 1420 g/mol. The van der Waals surface area contributed by atoms with Gasteiger partial charge in [0.25, 0.3) is 10.1 Å². The summed E-state index contributed by atoms with van der Waals surface area (Å²) in [5.74, 6) is -1.95. The van der Waals surface area contributed by atoms with E-state index in [2.05, 4.69) is 41.0 Å². The van der Waals surface area contributed by atoms with Gasteiger partial charge in [0.2, 0.25) is 25.9 Å². The molecule has 10 rings (SSSR count). The topological polar surface area (TPSA) is 435 Å². The highest BCUT2D eigenvalue weighted by atomic mass is 35.5. The van der Waals surface area contributed by atoms with Gasteiger partial charge < -0.3 is 53.8 Å². The van der Waals surface area contributed by atoms with Crippen molar-refractivity contribution in [1.29, 1.82) is 0 Å². The van der Waals surface area contributed by atoms with Crippen molar-refractivity contribution in [2.75, 3.05) is 45.5 Å². The van der Waals surface area contributed by atoms with E-state index in [-0.39, 0.29) is 75.5 Å². The number of halogens is 2. The molecule has 2 aliphatic heterocycles. The van der Waals surface area contributed by atoms with Gasteiger partial charge in [0.1, 0.15) is 26.9 Å². The summed E-state index contributed by atoms with van der Waals surface area (Å²) in [4.78, 5) is 54.3. The Balaban J connectivity index is 0.000000203. The third-order valence-electron chi connectivity index (χ3n) is 14.1. The summed E-state index contributed by atoms with van der Waals surface area (Å²) < 4.78 is 110. The number of esters is 3. The second-order valence-corrected chi connectivity index (χ2v) is 26.8. The van der Waals surface area contributed by atoms with Gasteiger partial charge in [-0.25, -0.2) is 46.1 Å². The molecule has 0 spiro atoms. The maximum absolute atomic E-state index is 13.5. The van der Waals surface area contributed by atoms with E-state index >= 15 is 0 Å². The van der Waals surface area contributed by atoms with E-state index in [4.69, 9.17) is 66.4 Å². The van der Waals surface area contributed by atoms with Gasteiger partial charge in [0.15, 0.2) is 23.8 Å². The Hall–Kier alpha value is -8.93. The molecule has 29 nitrogen and oxygen atoms in total. The number of aromatic amines is 1. The van der Waals surface area contributed by atoms with Gasteiger partial charge in [-0.1, -0.05) is 115 Å². The number of methoxy groups -OCH3 is 1. The van der Waals surface area contributed by atoms with Crippen LogP contribution in [0.1, 0.15) is 91.6 Å². The molecule has 0 fully saturated rings. The lowest BCUT2D eigenvalue weighted by molar-refractivity contribution is -0.139. The molecule has 8 aromatic rings. The summed E-state index contributed by atoms with van der Waals surface area (Å²) in [6.07, 6.45) is 1.37. The van der Waals surface area contributed by atoms with E-state index < -0.39 is 70.3 Å². The molecule has 5 aromatic carbocycles. The lowest BCUT2D eigenvalue weighted by atomic mass is 9.80. The number of ether oxygens (including phenoxy) is 4. The van der Waals surface area contributed by atoms with Crippen molar-refractivity contribution in [1.82, 2.24) is 40.2 Å². The fourth-order valence-electron chi connectivity index (χ4n) is 9.73. The number of hydrogen-bond donors (Lipinski definition) is 8. The van der Waals surface area contributed by atoms with Gasteiger partial charge in [-0.2, -0.15) is 18.4 Å². The molecule has 10 N–H and O–H groups in total. The number of tetrazole rings is 1. The largest absolute Gasteiger partial charge is 0.519 e. The highest BCUT2D eigenvalue weighted by Gasteiger charge is 2.40. The van der Waals surface area contributed by atoms with Crippen LogP contribution in [0, 0.1) is 6.92 Å². The Bertz CT molecular complexity index is 4570. The molecule has 34 heteroatoms. The molecule has 1 atom stereocenters. The molecular formula is C62H69Cl2N11O18S3. The van der Waals surface area contributed by atoms with E-state index in [0.29, 0.717) is 65.3 Å². The molecule has 0 saturated carbocycles. The van der Waals surface area contributed by atoms with Crippen LogP contribution in [-0.2, 0) is 83.9 Å². The molecule has 1 unspecified atom stereocenters. The van der Waals surface area contributed by atoms with Crippen molar-refractivity contribution in [2.24, 2.45) is 10.9 Å². The number of anilines is 1. The average molecular weight is 1420 g/mol. The number of primary sulfonamides is 1. The number of allylic oxidation sites excluding steroid dienone is 1. The number of hydrogen-bond acceptors (Lipinski definition) is 24. The van der Waals surface area contributed by atoms with E-state index in [1.165, 1.54) is 25.3 Å². The Morgan fingerprint density at radius 1 is 0.844 bits per heavy atom. The van der Waals surface area contributed by atoms with E-state index in [0.717, 1.165) is 34.7 Å². The lowest BCUT2D eigenvalue weighted by Crippen LogP contribution is -2.35. The van der Waals surface area contributed by atoms with Crippen molar-refractivity contribution >= 4 is 77.0 Å². The molecule has 0 bridgehead atoms. The van der Waals surface area contributed by atoms with Crippen molar-refractivity contribution in [3.8, 4) is 22.5 Å². The third-order valence-corrected chi connectivity index (χ3v) is 18.1. The van der Waals surface area contributed by atoms with Crippen LogP contribution in [0.25, 0.3) is 22.5 Å². The minimum absolute atomic E-state index is 0.0143. The number of nitrogens with zero attached hydrogens (tertiary/aromatic N) is 5. The maximum Gasteiger partial charge on any atom is 0.519 e. The van der Waals surface area contributed by atoms with Gasteiger partial charge in [-0.05, 0) is 98.8 Å². The number of sulfonamides is 2. The standard InChI is InChI=1S/C29H30N6O6.C20H25ClN2O5.C7H8ClN3O4S2.C6H6O3S/c1-5-8-23-30-25(29(3,4)38)24(27(36)39-16-22-17(2)40-28(37)41-22)35(23)15-18-11-13-19(14-12-18)20-9-6-7-10-21(20)26-31-33-34-32-26;1-4-28-20(25)18-15(11-27-10-9-22)23-12(2)16(19(24)26-3)17(18)13-7-5-6-8-14(13)21;8-4-1-5-7(2-6(4)16(9,12)13)17(14,15)11-3-10-5;7-10(8,9)6-4-2-1-3-5-6/h6-7,9-14,38H,5,8,15-16H2,1-4H3,(H,31,32,33,34);5-8,17,23H,4,9-11,22H2,1-3H3;1-2,10-11H,3H2,(H2,9,12,13);1-5H,(H,7,8,9). The summed E-state index contributed by atoms with van der Waals surface area (Å²) in [6, 6.07) is 32.3. The van der Waals surface area contributed by atoms with Crippen LogP contribution in [-0.4, -0.2) is 123 Å². The number of nitrogens with two attached hydrogens (primary N) is 2. The number of aliphatic hydroxyl groups is 1. The fourth-order valence-corrected chi connectivity index (χ4v) is 12.8. The number of nitrogens with one attached hydrogen (secondary N) is 4. The minimum Gasteiger partial charge on any atom is -0.466 e. The zero-order valence-corrected chi connectivity index (χ0v) is 56.7. The minimum atomic E-state index is -4.07. The van der Waals surface area contributed by atoms with Gasteiger partial charge in [-0.3, -0.25) is 4.55 Å². The number of H-pyrrole nitrogens is 1. The maximum atomic E-state index is 13.5. The van der Waals surface area contributed by atoms with Gasteiger partial charge in [0.05, 0.1) is 72.0 Å². The second kappa shape index (κ2) is 32.7. The van der Waals surface area contributed by atoms with Crippen LogP contribution in [0.3, 0.4) is 0 Å². The van der Waals surface area contributed by atoms with Crippen molar-refractivity contribution in [2.45, 2.75) is 93.7 Å². The van der Waals surface area contributed by atoms with Crippen LogP contribution in [0.15, 0.2) is 166 Å². The van der Waals surface area contributed by atoms with E-state index in [1.54, 1.807) is 81.7 Å². The summed E-state index contributed by atoms with van der Waals surface area (Å²) in [6.45, 7) is 11.1. The lowest BCUT2D eigenvalue weighted by Gasteiger charge is -2.31. The number of rotatable bonds is 20. The number of benzene rings is 5. The number of imidazole rings is 1. The molecule has 5 heterocycles. The van der Waals surface area contributed by atoms with E-state index in [1.807, 2.05) is 55.5 Å². The molecule has 96 heavy (non-hydrogen) atoms. The van der Waals surface area contributed by atoms with Gasteiger partial charge in [0, 0.05) is 35.8 Å². The van der Waals surface area contributed by atoms with Crippen LogP contribution >= 0.6 is 23.2 Å². The van der Waals surface area contributed by atoms with E-state index in [9.17, 15) is 49.5 Å². The Morgan fingerprint density at radius 3 is 2.08 bits per heavy atom. The first kappa shape index (κ1) is 74.5. The molecule has 0 aliphatic carbocycles. The number of carbonyl (C=O) groups is 3. The third kappa shape index (κ3) is 18.8. The number of aryl methyl sites for hydroxylation is 2. The van der Waals surface area contributed by atoms with Crippen LogP contribution < -0.4 is 32.1 Å². The fraction of sp³-hybridized carbons (Fsp3) is 0.290. The summed E-state index contributed by atoms with van der Waals surface area (Å²) in [5, 5.41) is 36.4. The highest BCUT2D eigenvalue weighted by Crippen LogP contribution is 2.42. The summed E-state index contributed by atoms with van der Waals surface area (Å²) in [7, 11) is -10.5. The first-order valence-corrected chi connectivity index (χ1v) is 34.3. The zero-order chi connectivity index (χ0) is 70.3. The number of dihydropyridines is 1. The van der Waals surface area contributed by atoms with Crippen molar-refractivity contribution in [3.05, 3.63) is 198 Å². The Kier molecular flexibility index (Phi) is 25.3. The highest BCUT2D eigenvalue weighted by molar-refractivity contribution is 7.90. The van der Waals surface area contributed by atoms with Gasteiger partial charge >= 0.3 is 23.7 Å². The molecule has 512 valence electrons. The molecule has 3 aromatic heterocycles. The average Bonchev–Trinajstić information content (AvgIpc) is 0.888. The van der Waals surface area contributed by atoms with Crippen LogP contribution in [0.5, 0.6) is 0 Å². The first-order chi connectivity index (χ1) is 45.4. The molecule has 0 radical (unpaired) electrons. The normalized spacial score (nSPS) is 14.2. The molecule has 0 amide bonds. The van der Waals surface area contributed by atoms with Crippen LogP contribution in [0.4, 0.5) is 5.69 Å². The summed E-state index contributed by atoms with van der Waals surface area (Å²) in [5.41, 5.74) is 10.5. The predicted molar refractivity (Wildman–Crippen MR) is 350 cm³/mol. The van der Waals surface area contributed by atoms with Gasteiger partial charge in [-0.15, -0.1) is 10.2 Å². The zero-order valence-electron chi connectivity index (χ0n) is 52.7. The smallest absolute Gasteiger partial charge is 0.466 e. The molecular weight excluding hydrogens is 1350 g/mol. The summed E-state index contributed by atoms with van der Waals surface area (Å²) >= 11 is 12.1. The quantitative estimate of drug-likeness (QED) is 0.0164. The Labute approximate surface area is 562 Å². The molecule has 0 saturated heterocycles. The van der Waals surface area contributed by atoms with Crippen molar-refractivity contribution in [3.63, 3.8) is 0 Å².